The first-order valence-corrected chi connectivity index (χ1v) is 6.07. The number of hydrogen-bond donors (Lipinski definition) is 1. The summed E-state index contributed by atoms with van der Waals surface area (Å²) in [6, 6.07) is 6.86. The third kappa shape index (κ3) is 2.87. The highest BCUT2D eigenvalue weighted by Gasteiger charge is 2.19. The summed E-state index contributed by atoms with van der Waals surface area (Å²) < 4.78 is 25.1. The molecule has 0 saturated carbocycles. The third-order valence-corrected chi connectivity index (χ3v) is 3.11. The highest BCUT2D eigenvalue weighted by Crippen LogP contribution is 2.29. The number of benzene rings is 1. The zero-order valence-corrected chi connectivity index (χ0v) is 10.00. The average Bonchev–Trinajstić information content (AvgIpc) is 2.83. The van der Waals surface area contributed by atoms with Crippen LogP contribution in [0.5, 0.6) is 0 Å². The van der Waals surface area contributed by atoms with Gasteiger partial charge in [-0.3, -0.25) is 0 Å². The molecule has 17 heavy (non-hydrogen) atoms. The van der Waals surface area contributed by atoms with Crippen molar-refractivity contribution in [2.45, 2.75) is 32.2 Å². The van der Waals surface area contributed by atoms with Crippen LogP contribution in [-0.2, 0) is 0 Å². The van der Waals surface area contributed by atoms with Gasteiger partial charge in [0.05, 0.1) is 17.4 Å². The van der Waals surface area contributed by atoms with Crippen LogP contribution in [0.25, 0.3) is 0 Å². The predicted molar refractivity (Wildman–Crippen MR) is 67.0 cm³/mol. The summed E-state index contributed by atoms with van der Waals surface area (Å²) in [6.45, 7) is 3.54. The molecule has 0 radical (unpaired) electrons. The second-order valence-corrected chi connectivity index (χ2v) is 4.48. The fourth-order valence-electron chi connectivity index (χ4n) is 2.14. The number of para-hydroxylation sites is 2. The van der Waals surface area contributed by atoms with Gasteiger partial charge in [-0.2, -0.15) is 0 Å². The zero-order chi connectivity index (χ0) is 12.3. The summed E-state index contributed by atoms with van der Waals surface area (Å²) in [5.41, 5.74) is 1.85. The Hall–Kier alpha value is -1.32. The van der Waals surface area contributed by atoms with Crippen molar-refractivity contribution in [3.05, 3.63) is 24.3 Å². The number of nitrogens with zero attached hydrogens (tertiary/aromatic N) is 1. The van der Waals surface area contributed by atoms with Gasteiger partial charge < -0.3 is 10.2 Å². The van der Waals surface area contributed by atoms with Gasteiger partial charge in [-0.05, 0) is 31.9 Å². The average molecular weight is 240 g/mol. The molecule has 1 saturated heterocycles. The fourth-order valence-corrected chi connectivity index (χ4v) is 2.14. The summed E-state index contributed by atoms with van der Waals surface area (Å²) in [5.74, 6) is 0. The molecule has 0 spiro atoms. The molecule has 1 aliphatic heterocycles. The lowest BCUT2D eigenvalue weighted by atomic mass is 10.2. The topological polar surface area (TPSA) is 15.3 Å². The van der Waals surface area contributed by atoms with Gasteiger partial charge >= 0.3 is 0 Å². The van der Waals surface area contributed by atoms with Crippen LogP contribution in [0.1, 0.15) is 19.8 Å². The Kier molecular flexibility index (Phi) is 3.82. The van der Waals surface area contributed by atoms with Gasteiger partial charge in [-0.15, -0.1) is 0 Å². The van der Waals surface area contributed by atoms with E-state index in [-0.39, 0.29) is 0 Å². The van der Waals surface area contributed by atoms with Crippen molar-refractivity contribution in [1.29, 1.82) is 0 Å². The molecule has 1 fully saturated rings. The quantitative estimate of drug-likeness (QED) is 0.868. The maximum Gasteiger partial charge on any atom is 0.258 e. The fraction of sp³-hybridized carbons (Fsp3) is 0.538. The Morgan fingerprint density at radius 3 is 2.47 bits per heavy atom. The highest BCUT2D eigenvalue weighted by molar-refractivity contribution is 5.70. The molecule has 0 bridgehead atoms. The van der Waals surface area contributed by atoms with E-state index in [4.69, 9.17) is 0 Å². The standard InChI is InChI=1S/C13H18F2N2/c1-10(13(14)15)16-11-6-2-3-7-12(11)17-8-4-5-9-17/h2-3,6-7,10,13,16H,4-5,8-9H2,1H3. The second-order valence-electron chi connectivity index (χ2n) is 4.48. The highest BCUT2D eigenvalue weighted by atomic mass is 19.3. The molecule has 1 aliphatic rings. The minimum absolute atomic E-state index is 0.808. The van der Waals surface area contributed by atoms with E-state index in [1.165, 1.54) is 19.8 Å². The monoisotopic (exact) mass is 240 g/mol. The van der Waals surface area contributed by atoms with Gasteiger partial charge in [-0.25, -0.2) is 8.78 Å². The van der Waals surface area contributed by atoms with E-state index in [2.05, 4.69) is 10.2 Å². The minimum atomic E-state index is -2.35. The second kappa shape index (κ2) is 5.34. The summed E-state index contributed by atoms with van der Waals surface area (Å²) in [5, 5.41) is 2.90. The van der Waals surface area contributed by atoms with Gasteiger partial charge in [0.25, 0.3) is 6.43 Å². The number of hydrogen-bond acceptors (Lipinski definition) is 2. The molecule has 1 aromatic carbocycles. The molecular formula is C13H18F2N2. The summed E-state index contributed by atoms with van der Waals surface area (Å²) in [7, 11) is 0. The lowest BCUT2D eigenvalue weighted by Gasteiger charge is -2.24. The van der Waals surface area contributed by atoms with E-state index in [1.54, 1.807) is 0 Å². The molecule has 1 aromatic rings. The molecule has 0 aliphatic carbocycles. The van der Waals surface area contributed by atoms with Crippen LogP contribution in [-0.4, -0.2) is 25.6 Å². The molecule has 2 nitrogen and oxygen atoms in total. The normalized spacial score (nSPS) is 17.5. The first-order chi connectivity index (χ1) is 8.18. The summed E-state index contributed by atoms with van der Waals surface area (Å²) in [4.78, 5) is 2.25. The van der Waals surface area contributed by atoms with Crippen molar-refractivity contribution in [2.24, 2.45) is 0 Å². The van der Waals surface area contributed by atoms with Crippen LogP contribution in [0, 0.1) is 0 Å². The molecule has 1 N–H and O–H groups in total. The molecule has 94 valence electrons. The van der Waals surface area contributed by atoms with E-state index < -0.39 is 12.5 Å². The number of rotatable bonds is 4. The zero-order valence-electron chi connectivity index (χ0n) is 10.00. The lowest BCUT2D eigenvalue weighted by molar-refractivity contribution is 0.131. The van der Waals surface area contributed by atoms with Crippen LogP contribution < -0.4 is 10.2 Å². The largest absolute Gasteiger partial charge is 0.375 e. The van der Waals surface area contributed by atoms with E-state index in [1.807, 2.05) is 24.3 Å². The van der Waals surface area contributed by atoms with E-state index >= 15 is 0 Å². The van der Waals surface area contributed by atoms with Crippen molar-refractivity contribution in [3.8, 4) is 0 Å². The van der Waals surface area contributed by atoms with Gasteiger partial charge in [-0.1, -0.05) is 12.1 Å². The lowest BCUT2D eigenvalue weighted by Crippen LogP contribution is -2.26. The molecule has 4 heteroatoms. The van der Waals surface area contributed by atoms with Gasteiger partial charge in [0.15, 0.2) is 0 Å². The van der Waals surface area contributed by atoms with Crippen molar-refractivity contribution < 1.29 is 8.78 Å². The smallest absolute Gasteiger partial charge is 0.258 e. The first-order valence-electron chi connectivity index (χ1n) is 6.07. The van der Waals surface area contributed by atoms with E-state index in [9.17, 15) is 8.78 Å². The van der Waals surface area contributed by atoms with Crippen LogP contribution in [0.3, 0.4) is 0 Å². The summed E-state index contributed by atoms with van der Waals surface area (Å²) in [6.07, 6.45) is 0.0129. The molecule has 0 amide bonds. The number of nitrogens with one attached hydrogen (secondary N) is 1. The van der Waals surface area contributed by atoms with Gasteiger partial charge in [0, 0.05) is 13.1 Å². The van der Waals surface area contributed by atoms with E-state index in [0.717, 1.165) is 24.5 Å². The molecule has 1 heterocycles. The maximum atomic E-state index is 12.5. The van der Waals surface area contributed by atoms with Crippen molar-refractivity contribution in [2.75, 3.05) is 23.3 Å². The predicted octanol–water partition coefficient (Wildman–Crippen LogP) is 3.35. The maximum absolute atomic E-state index is 12.5. The molecule has 0 aromatic heterocycles. The van der Waals surface area contributed by atoms with Crippen LogP contribution in [0.15, 0.2) is 24.3 Å². The van der Waals surface area contributed by atoms with Crippen molar-refractivity contribution in [1.82, 2.24) is 0 Å². The van der Waals surface area contributed by atoms with Gasteiger partial charge in [0.2, 0.25) is 0 Å². The van der Waals surface area contributed by atoms with Crippen molar-refractivity contribution >= 4 is 11.4 Å². The van der Waals surface area contributed by atoms with Crippen LogP contribution in [0.2, 0.25) is 0 Å². The van der Waals surface area contributed by atoms with Gasteiger partial charge in [0.1, 0.15) is 0 Å². The molecule has 2 rings (SSSR count). The Balaban J connectivity index is 2.15. The molecule has 1 atom stereocenters. The Morgan fingerprint density at radius 1 is 1.18 bits per heavy atom. The molecule has 1 unspecified atom stereocenters. The van der Waals surface area contributed by atoms with Crippen LogP contribution >= 0.6 is 0 Å². The first kappa shape index (κ1) is 12.1. The third-order valence-electron chi connectivity index (χ3n) is 3.11. The number of halogens is 2. The van der Waals surface area contributed by atoms with Crippen LogP contribution in [0.4, 0.5) is 20.2 Å². The van der Waals surface area contributed by atoms with Crippen molar-refractivity contribution in [3.63, 3.8) is 0 Å². The van der Waals surface area contributed by atoms with E-state index in [0.29, 0.717) is 0 Å². The Bertz CT molecular complexity index is 362. The summed E-state index contributed by atoms with van der Waals surface area (Å²) >= 11 is 0. The Labute approximate surface area is 101 Å². The molecular weight excluding hydrogens is 222 g/mol. The number of anilines is 2. The SMILES string of the molecule is CC(Nc1ccccc1N1CCCC1)C(F)F. The Morgan fingerprint density at radius 2 is 1.82 bits per heavy atom. The number of alkyl halides is 2. The minimum Gasteiger partial charge on any atom is -0.375 e.